The van der Waals surface area contributed by atoms with Gasteiger partial charge in [-0.1, -0.05) is 12.0 Å². The Hall–Kier alpha value is -0.540. The molecule has 0 N–H and O–H groups in total. The minimum atomic E-state index is 0.485. The first kappa shape index (κ1) is 10.6. The maximum atomic E-state index is 5.32. The fourth-order valence-corrected chi connectivity index (χ4v) is 2.44. The highest BCUT2D eigenvalue weighted by atomic mass is 16.6. The first-order valence-corrected chi connectivity index (χ1v) is 6.57. The van der Waals surface area contributed by atoms with Crippen LogP contribution in [0.25, 0.3) is 0 Å². The number of nitrogens with zero attached hydrogens (tertiary/aromatic N) is 1. The predicted octanol–water partition coefficient (Wildman–Crippen LogP) is 1.93. The third-order valence-electron chi connectivity index (χ3n) is 3.54. The van der Waals surface area contributed by atoms with Gasteiger partial charge in [0.1, 0.15) is 0 Å². The van der Waals surface area contributed by atoms with Gasteiger partial charge in [-0.15, -0.1) is 0 Å². The second-order valence-electron chi connectivity index (χ2n) is 5.21. The summed E-state index contributed by atoms with van der Waals surface area (Å²) in [5, 5.41) is 0. The molecule has 16 heavy (non-hydrogen) atoms. The molecule has 0 aromatic rings. The molecule has 0 bridgehead atoms. The van der Waals surface area contributed by atoms with E-state index < -0.39 is 0 Å². The molecule has 2 unspecified atom stereocenters. The average Bonchev–Trinajstić information content (AvgIpc) is 3.15. The molecule has 2 aliphatic heterocycles. The van der Waals surface area contributed by atoms with Gasteiger partial charge in [0.15, 0.2) is 0 Å². The molecule has 0 amide bonds. The van der Waals surface area contributed by atoms with Gasteiger partial charge >= 0.3 is 0 Å². The van der Waals surface area contributed by atoms with E-state index in [1.165, 1.54) is 32.1 Å². The van der Waals surface area contributed by atoms with Crippen LogP contribution in [0.4, 0.5) is 0 Å². The highest BCUT2D eigenvalue weighted by Crippen LogP contribution is 2.24. The quantitative estimate of drug-likeness (QED) is 0.667. The van der Waals surface area contributed by atoms with Crippen molar-refractivity contribution < 1.29 is 9.47 Å². The number of hydrogen-bond acceptors (Lipinski definition) is 3. The summed E-state index contributed by atoms with van der Waals surface area (Å²) in [6, 6.07) is 0. The van der Waals surface area contributed by atoms with Crippen molar-refractivity contribution in [2.24, 2.45) is 0 Å². The number of rotatable bonds is 5. The van der Waals surface area contributed by atoms with Crippen LogP contribution in [-0.2, 0) is 9.47 Å². The topological polar surface area (TPSA) is 28.3 Å². The van der Waals surface area contributed by atoms with Gasteiger partial charge in [0, 0.05) is 13.1 Å². The van der Waals surface area contributed by atoms with Crippen LogP contribution >= 0.6 is 0 Å². The zero-order valence-corrected chi connectivity index (χ0v) is 9.86. The third-order valence-corrected chi connectivity index (χ3v) is 3.54. The van der Waals surface area contributed by atoms with Gasteiger partial charge in [-0.25, -0.2) is 0 Å². The van der Waals surface area contributed by atoms with E-state index in [1.807, 2.05) is 0 Å². The molecule has 2 saturated heterocycles. The van der Waals surface area contributed by atoms with Crippen LogP contribution in [0, 0.1) is 0 Å². The van der Waals surface area contributed by atoms with E-state index in [0.717, 1.165) is 26.3 Å². The van der Waals surface area contributed by atoms with Crippen molar-refractivity contribution in [3.63, 3.8) is 0 Å². The molecule has 3 aliphatic rings. The Morgan fingerprint density at radius 1 is 1.00 bits per heavy atom. The molecular weight excluding hydrogens is 202 g/mol. The summed E-state index contributed by atoms with van der Waals surface area (Å²) >= 11 is 0. The SMILES string of the molecule is C(=C1CCCCC1)N(CC1CO1)CC1CO1. The molecule has 0 aromatic heterocycles. The maximum Gasteiger partial charge on any atom is 0.0984 e. The zero-order valence-electron chi connectivity index (χ0n) is 9.86. The molecule has 3 nitrogen and oxygen atoms in total. The van der Waals surface area contributed by atoms with Gasteiger partial charge < -0.3 is 14.4 Å². The molecule has 0 aromatic carbocycles. The van der Waals surface area contributed by atoms with Crippen molar-refractivity contribution in [1.29, 1.82) is 0 Å². The van der Waals surface area contributed by atoms with Crippen molar-refractivity contribution in [1.82, 2.24) is 4.90 Å². The van der Waals surface area contributed by atoms with Crippen molar-refractivity contribution in [3.8, 4) is 0 Å². The third kappa shape index (κ3) is 3.22. The van der Waals surface area contributed by atoms with E-state index >= 15 is 0 Å². The summed E-state index contributed by atoms with van der Waals surface area (Å²) in [5.41, 5.74) is 1.63. The Morgan fingerprint density at radius 2 is 1.56 bits per heavy atom. The molecule has 1 saturated carbocycles. The first-order chi connectivity index (χ1) is 7.90. The molecule has 3 heteroatoms. The van der Waals surface area contributed by atoms with Crippen LogP contribution in [0.2, 0.25) is 0 Å². The molecule has 3 rings (SSSR count). The summed E-state index contributed by atoms with van der Waals surface area (Å²) < 4.78 is 10.6. The standard InChI is InChI=1S/C13H21NO2/c1-2-4-11(5-3-1)6-14(7-12-9-15-12)8-13-10-16-13/h6,12-13H,1-5,7-10H2. The Balaban J connectivity index is 1.55. The summed E-state index contributed by atoms with van der Waals surface area (Å²) in [5.74, 6) is 0. The van der Waals surface area contributed by atoms with Crippen LogP contribution in [0.3, 0.4) is 0 Å². The van der Waals surface area contributed by atoms with E-state index in [4.69, 9.17) is 9.47 Å². The fraction of sp³-hybridized carbons (Fsp3) is 0.846. The van der Waals surface area contributed by atoms with Crippen LogP contribution in [0.15, 0.2) is 11.8 Å². The van der Waals surface area contributed by atoms with Crippen molar-refractivity contribution >= 4 is 0 Å². The minimum absolute atomic E-state index is 0.485. The molecule has 2 heterocycles. The Morgan fingerprint density at radius 3 is 2.06 bits per heavy atom. The van der Waals surface area contributed by atoms with E-state index in [2.05, 4.69) is 11.1 Å². The average molecular weight is 223 g/mol. The molecule has 3 fully saturated rings. The van der Waals surface area contributed by atoms with E-state index in [0.29, 0.717) is 12.2 Å². The Labute approximate surface area is 97.4 Å². The number of epoxide rings is 2. The lowest BCUT2D eigenvalue weighted by Gasteiger charge is -2.22. The largest absolute Gasteiger partial charge is 0.372 e. The van der Waals surface area contributed by atoms with Crippen molar-refractivity contribution in [2.75, 3.05) is 26.3 Å². The first-order valence-electron chi connectivity index (χ1n) is 6.57. The number of ether oxygens (including phenoxy) is 2. The van der Waals surface area contributed by atoms with E-state index in [1.54, 1.807) is 5.57 Å². The minimum Gasteiger partial charge on any atom is -0.372 e. The smallest absolute Gasteiger partial charge is 0.0984 e. The van der Waals surface area contributed by atoms with E-state index in [-0.39, 0.29) is 0 Å². The summed E-state index contributed by atoms with van der Waals surface area (Å²) in [4.78, 5) is 2.43. The zero-order chi connectivity index (χ0) is 10.8. The van der Waals surface area contributed by atoms with Crippen LogP contribution in [0.5, 0.6) is 0 Å². The fourth-order valence-electron chi connectivity index (χ4n) is 2.44. The van der Waals surface area contributed by atoms with Crippen LogP contribution in [-0.4, -0.2) is 43.4 Å². The Bertz CT molecular complexity index is 247. The van der Waals surface area contributed by atoms with Gasteiger partial charge in [0.25, 0.3) is 0 Å². The van der Waals surface area contributed by atoms with Gasteiger partial charge in [0.2, 0.25) is 0 Å². The van der Waals surface area contributed by atoms with Gasteiger partial charge in [-0.05, 0) is 31.9 Å². The second-order valence-corrected chi connectivity index (χ2v) is 5.21. The van der Waals surface area contributed by atoms with Crippen LogP contribution < -0.4 is 0 Å². The molecule has 2 atom stereocenters. The monoisotopic (exact) mass is 223 g/mol. The maximum absolute atomic E-state index is 5.32. The van der Waals surface area contributed by atoms with Crippen LogP contribution in [0.1, 0.15) is 32.1 Å². The van der Waals surface area contributed by atoms with Gasteiger partial charge in [-0.3, -0.25) is 0 Å². The normalized spacial score (nSPS) is 32.4. The van der Waals surface area contributed by atoms with Crippen molar-refractivity contribution in [2.45, 2.75) is 44.3 Å². The van der Waals surface area contributed by atoms with Crippen molar-refractivity contribution in [3.05, 3.63) is 11.8 Å². The highest BCUT2D eigenvalue weighted by molar-refractivity contribution is 5.05. The molecule has 0 radical (unpaired) electrons. The summed E-state index contributed by atoms with van der Waals surface area (Å²) in [6.07, 6.45) is 10.1. The van der Waals surface area contributed by atoms with E-state index in [9.17, 15) is 0 Å². The number of hydrogen-bond donors (Lipinski definition) is 0. The lowest BCUT2D eigenvalue weighted by atomic mass is 9.95. The highest BCUT2D eigenvalue weighted by Gasteiger charge is 2.29. The predicted molar refractivity (Wildman–Crippen MR) is 62.2 cm³/mol. The molecular formula is C13H21NO2. The Kier molecular flexibility index (Phi) is 3.15. The molecule has 0 spiro atoms. The molecule has 1 aliphatic carbocycles. The van der Waals surface area contributed by atoms with Gasteiger partial charge in [0.05, 0.1) is 25.4 Å². The lowest BCUT2D eigenvalue weighted by molar-refractivity contribution is 0.276. The van der Waals surface area contributed by atoms with Gasteiger partial charge in [-0.2, -0.15) is 0 Å². The molecule has 90 valence electrons. The number of allylic oxidation sites excluding steroid dienone is 1. The summed E-state index contributed by atoms with van der Waals surface area (Å²) in [7, 11) is 0. The second kappa shape index (κ2) is 4.76. The lowest BCUT2D eigenvalue weighted by Crippen LogP contribution is -2.27. The summed E-state index contributed by atoms with van der Waals surface area (Å²) in [6.45, 7) is 4.02.